The lowest BCUT2D eigenvalue weighted by Crippen LogP contribution is -2.31. The van der Waals surface area contributed by atoms with E-state index in [0.717, 1.165) is 4.31 Å². The average Bonchev–Trinajstić information content (AvgIpc) is 2.60. The van der Waals surface area contributed by atoms with Gasteiger partial charge in [-0.2, -0.15) is 4.31 Å². The van der Waals surface area contributed by atoms with Crippen molar-refractivity contribution in [3.05, 3.63) is 53.8 Å². The molecule has 25 heavy (non-hydrogen) atoms. The predicted molar refractivity (Wildman–Crippen MR) is 84.6 cm³/mol. The summed E-state index contributed by atoms with van der Waals surface area (Å²) in [6.07, 6.45) is 0. The van der Waals surface area contributed by atoms with Crippen molar-refractivity contribution in [2.24, 2.45) is 0 Å². The first-order valence-corrected chi connectivity index (χ1v) is 8.58. The quantitative estimate of drug-likeness (QED) is 0.699. The number of hydrogen-bond donors (Lipinski definition) is 0. The van der Waals surface area contributed by atoms with E-state index in [4.69, 9.17) is 9.47 Å². The van der Waals surface area contributed by atoms with Crippen LogP contribution < -0.4 is 9.47 Å². The minimum Gasteiger partial charge on any atom is -0.497 e. The van der Waals surface area contributed by atoms with Gasteiger partial charge in [-0.25, -0.2) is 21.6 Å². The summed E-state index contributed by atoms with van der Waals surface area (Å²) < 4.78 is 75.6. The smallest absolute Gasteiger partial charge is 0.245 e. The van der Waals surface area contributed by atoms with Crippen molar-refractivity contribution in [3.8, 4) is 11.5 Å². The summed E-state index contributed by atoms with van der Waals surface area (Å²) in [6.45, 7) is -0.139. The monoisotopic (exact) mass is 375 g/mol. The molecule has 0 amide bonds. The maximum atomic E-state index is 13.7. The number of likely N-dealkylation sites (N-methyl/N-ethyl adjacent to an activating group) is 1. The number of hydrogen-bond acceptors (Lipinski definition) is 4. The van der Waals surface area contributed by atoms with E-state index >= 15 is 0 Å². The highest BCUT2D eigenvalue weighted by Crippen LogP contribution is 2.22. The number of sulfonamides is 1. The Kier molecular flexibility index (Phi) is 5.91. The zero-order valence-electron chi connectivity index (χ0n) is 13.5. The number of nitrogens with zero attached hydrogens (tertiary/aromatic N) is 1. The minimum atomic E-state index is -4.32. The van der Waals surface area contributed by atoms with Gasteiger partial charge < -0.3 is 9.47 Å². The molecule has 2 aromatic rings. The van der Waals surface area contributed by atoms with E-state index in [0.29, 0.717) is 23.6 Å². The van der Waals surface area contributed by atoms with E-state index in [2.05, 4.69) is 0 Å². The van der Waals surface area contributed by atoms with Crippen LogP contribution in [-0.4, -0.2) is 40.0 Å². The molecule has 0 radical (unpaired) electrons. The van der Waals surface area contributed by atoms with Crippen molar-refractivity contribution in [3.63, 3.8) is 0 Å². The van der Waals surface area contributed by atoms with Crippen LogP contribution in [0.3, 0.4) is 0 Å². The fraction of sp³-hybridized carbons (Fsp3) is 0.250. The first-order valence-electron chi connectivity index (χ1n) is 7.14. The van der Waals surface area contributed by atoms with Gasteiger partial charge in [-0.05, 0) is 36.4 Å². The molecule has 0 aromatic heterocycles. The molecule has 2 rings (SSSR count). The first-order chi connectivity index (χ1) is 11.8. The van der Waals surface area contributed by atoms with E-state index in [1.165, 1.54) is 14.2 Å². The number of halogens is 3. The van der Waals surface area contributed by atoms with Crippen molar-refractivity contribution in [2.45, 2.75) is 4.90 Å². The highest BCUT2D eigenvalue weighted by molar-refractivity contribution is 7.89. The summed E-state index contributed by atoms with van der Waals surface area (Å²) in [6, 6.07) is 7.88. The molecule has 0 atom stereocenters. The Morgan fingerprint density at radius 3 is 2.16 bits per heavy atom. The Morgan fingerprint density at radius 1 is 0.960 bits per heavy atom. The molecule has 0 aliphatic rings. The van der Waals surface area contributed by atoms with Crippen LogP contribution in [0.2, 0.25) is 0 Å². The Hall–Kier alpha value is -2.26. The van der Waals surface area contributed by atoms with Gasteiger partial charge in [-0.1, -0.05) is 0 Å². The Balaban J connectivity index is 2.04. The predicted octanol–water partition coefficient (Wildman–Crippen LogP) is 2.81. The fourth-order valence-electron chi connectivity index (χ4n) is 1.96. The molecule has 0 spiro atoms. The number of methoxy groups -OCH3 is 1. The van der Waals surface area contributed by atoms with Gasteiger partial charge in [0.25, 0.3) is 0 Å². The maximum Gasteiger partial charge on any atom is 0.245 e. The molecule has 0 N–H and O–H groups in total. The Morgan fingerprint density at radius 2 is 1.56 bits per heavy atom. The number of ether oxygens (including phenoxy) is 2. The highest BCUT2D eigenvalue weighted by atomic mass is 32.2. The van der Waals surface area contributed by atoms with Crippen molar-refractivity contribution in [1.29, 1.82) is 0 Å². The average molecular weight is 375 g/mol. The summed E-state index contributed by atoms with van der Waals surface area (Å²) in [4.78, 5) is -0.932. The van der Waals surface area contributed by atoms with Gasteiger partial charge in [0.1, 0.15) is 23.0 Å². The molecule has 0 bridgehead atoms. The fourth-order valence-corrected chi connectivity index (χ4v) is 3.17. The summed E-state index contributed by atoms with van der Waals surface area (Å²) in [7, 11) is -1.61. The zero-order chi connectivity index (χ0) is 18.6. The van der Waals surface area contributed by atoms with Gasteiger partial charge in [-0.3, -0.25) is 0 Å². The van der Waals surface area contributed by atoms with Crippen LogP contribution in [0.4, 0.5) is 13.2 Å². The van der Waals surface area contributed by atoms with Gasteiger partial charge in [0, 0.05) is 13.6 Å². The summed E-state index contributed by atoms with van der Waals surface area (Å²) in [5.41, 5.74) is 0. The van der Waals surface area contributed by atoms with E-state index in [-0.39, 0.29) is 13.2 Å². The molecule has 136 valence electrons. The normalized spacial score (nSPS) is 11.6. The van der Waals surface area contributed by atoms with Gasteiger partial charge in [0.05, 0.1) is 7.11 Å². The molecule has 2 aromatic carbocycles. The van der Waals surface area contributed by atoms with Crippen molar-refractivity contribution >= 4 is 10.0 Å². The lowest BCUT2D eigenvalue weighted by molar-refractivity contribution is 0.286. The number of rotatable bonds is 7. The lowest BCUT2D eigenvalue weighted by atomic mass is 10.3. The third-order valence-corrected chi connectivity index (χ3v) is 5.30. The molecular weight excluding hydrogens is 359 g/mol. The van der Waals surface area contributed by atoms with E-state index in [9.17, 15) is 21.6 Å². The van der Waals surface area contributed by atoms with E-state index in [1.54, 1.807) is 24.3 Å². The maximum absolute atomic E-state index is 13.7. The third-order valence-electron chi connectivity index (χ3n) is 3.42. The molecule has 0 fully saturated rings. The topological polar surface area (TPSA) is 55.8 Å². The van der Waals surface area contributed by atoms with Crippen LogP contribution in [-0.2, 0) is 10.0 Å². The van der Waals surface area contributed by atoms with Crippen LogP contribution >= 0.6 is 0 Å². The molecule has 0 saturated heterocycles. The second-order valence-corrected chi connectivity index (χ2v) is 7.04. The SMILES string of the molecule is COc1ccc(OCCN(C)S(=O)(=O)c2ccc(F)c(F)c2F)cc1. The molecule has 0 heterocycles. The van der Waals surface area contributed by atoms with Gasteiger partial charge in [0.2, 0.25) is 10.0 Å². The summed E-state index contributed by atoms with van der Waals surface area (Å²) >= 11 is 0. The first kappa shape index (κ1) is 19.1. The standard InChI is InChI=1S/C16H16F3NO4S/c1-20(9-10-24-12-5-3-11(23-2)4-6-12)25(21,22)14-8-7-13(17)15(18)16(14)19/h3-8H,9-10H2,1-2H3. The molecule has 5 nitrogen and oxygen atoms in total. The number of benzene rings is 2. The third kappa shape index (κ3) is 4.23. The van der Waals surface area contributed by atoms with E-state index < -0.39 is 32.4 Å². The Labute approximate surface area is 143 Å². The molecule has 9 heteroatoms. The Bertz CT molecular complexity index is 841. The van der Waals surface area contributed by atoms with Crippen molar-refractivity contribution in [1.82, 2.24) is 4.31 Å². The lowest BCUT2D eigenvalue weighted by Gasteiger charge is -2.18. The zero-order valence-corrected chi connectivity index (χ0v) is 14.3. The molecule has 0 unspecified atom stereocenters. The molecular formula is C16H16F3NO4S. The van der Waals surface area contributed by atoms with Gasteiger partial charge in [-0.15, -0.1) is 0 Å². The minimum absolute atomic E-state index is 0.0205. The highest BCUT2D eigenvalue weighted by Gasteiger charge is 2.27. The van der Waals surface area contributed by atoms with Crippen LogP contribution in [0.5, 0.6) is 11.5 Å². The van der Waals surface area contributed by atoms with Gasteiger partial charge in [0.15, 0.2) is 17.5 Å². The van der Waals surface area contributed by atoms with Crippen LogP contribution in [0.25, 0.3) is 0 Å². The molecule has 0 aliphatic carbocycles. The van der Waals surface area contributed by atoms with Gasteiger partial charge >= 0.3 is 0 Å². The second kappa shape index (κ2) is 7.75. The van der Waals surface area contributed by atoms with Crippen LogP contribution in [0, 0.1) is 17.5 Å². The largest absolute Gasteiger partial charge is 0.497 e. The summed E-state index contributed by atoms with van der Waals surface area (Å²) in [5.74, 6) is -3.90. The molecule has 0 saturated carbocycles. The molecule has 0 aliphatic heterocycles. The second-order valence-electron chi connectivity index (χ2n) is 5.02. The van der Waals surface area contributed by atoms with Crippen molar-refractivity contribution in [2.75, 3.05) is 27.3 Å². The van der Waals surface area contributed by atoms with Crippen LogP contribution in [0.1, 0.15) is 0 Å². The van der Waals surface area contributed by atoms with Crippen LogP contribution in [0.15, 0.2) is 41.3 Å². The van der Waals surface area contributed by atoms with Crippen molar-refractivity contribution < 1.29 is 31.1 Å². The van der Waals surface area contributed by atoms with E-state index in [1.807, 2.05) is 0 Å². The summed E-state index contributed by atoms with van der Waals surface area (Å²) in [5, 5.41) is 0.